The fourth-order valence-corrected chi connectivity index (χ4v) is 3.04. The highest BCUT2D eigenvalue weighted by molar-refractivity contribution is 5.87. The van der Waals surface area contributed by atoms with Crippen molar-refractivity contribution in [2.45, 2.75) is 18.9 Å². The van der Waals surface area contributed by atoms with E-state index in [9.17, 15) is 4.79 Å². The summed E-state index contributed by atoms with van der Waals surface area (Å²) in [6.07, 6.45) is 4.95. The third-order valence-electron chi connectivity index (χ3n) is 4.25. The van der Waals surface area contributed by atoms with Gasteiger partial charge in [-0.1, -0.05) is 6.58 Å². The topological polar surface area (TPSA) is 70.6 Å². The SMILES string of the molecule is C=CC(=O)NC1CCCN(c2cc(N3CCOCC3)ncn2)C1. The Balaban J connectivity index is 1.68. The van der Waals surface area contributed by atoms with Gasteiger partial charge < -0.3 is 19.9 Å². The molecule has 1 unspecified atom stereocenters. The quantitative estimate of drug-likeness (QED) is 0.820. The molecule has 0 saturated carbocycles. The Morgan fingerprint density at radius 2 is 2.00 bits per heavy atom. The summed E-state index contributed by atoms with van der Waals surface area (Å²) >= 11 is 0. The molecule has 2 aliphatic heterocycles. The number of amides is 1. The average molecular weight is 317 g/mol. The number of piperidine rings is 1. The van der Waals surface area contributed by atoms with Crippen molar-refractivity contribution in [2.75, 3.05) is 49.2 Å². The zero-order valence-corrected chi connectivity index (χ0v) is 13.3. The first kappa shape index (κ1) is 15.7. The Morgan fingerprint density at radius 3 is 2.74 bits per heavy atom. The Bertz CT molecular complexity index is 559. The highest BCUT2D eigenvalue weighted by Gasteiger charge is 2.22. The predicted octanol–water partition coefficient (Wildman–Crippen LogP) is 0.584. The van der Waals surface area contributed by atoms with E-state index in [-0.39, 0.29) is 11.9 Å². The third kappa shape index (κ3) is 3.98. The van der Waals surface area contributed by atoms with Crippen molar-refractivity contribution >= 4 is 17.5 Å². The molecule has 1 N–H and O–H groups in total. The minimum Gasteiger partial charge on any atom is -0.378 e. The lowest BCUT2D eigenvalue weighted by Crippen LogP contribution is -2.47. The molecule has 0 radical (unpaired) electrons. The molecule has 1 aromatic heterocycles. The standard InChI is InChI=1S/C16H23N5O2/c1-2-16(22)19-13-4-3-5-21(11-13)15-10-14(17-12-18-15)20-6-8-23-9-7-20/h2,10,12-13H,1,3-9,11H2,(H,19,22). The maximum absolute atomic E-state index is 11.5. The lowest BCUT2D eigenvalue weighted by Gasteiger charge is -2.34. The van der Waals surface area contributed by atoms with E-state index in [0.717, 1.165) is 63.9 Å². The van der Waals surface area contributed by atoms with Gasteiger partial charge in [0.2, 0.25) is 5.91 Å². The van der Waals surface area contributed by atoms with Gasteiger partial charge in [0.15, 0.2) is 0 Å². The van der Waals surface area contributed by atoms with Crippen molar-refractivity contribution in [1.82, 2.24) is 15.3 Å². The molecule has 7 heteroatoms. The van der Waals surface area contributed by atoms with Crippen LogP contribution in [-0.2, 0) is 9.53 Å². The molecule has 0 spiro atoms. The van der Waals surface area contributed by atoms with Crippen LogP contribution < -0.4 is 15.1 Å². The average Bonchev–Trinajstić information content (AvgIpc) is 2.63. The van der Waals surface area contributed by atoms with E-state index in [1.165, 1.54) is 6.08 Å². The molecule has 3 rings (SSSR count). The van der Waals surface area contributed by atoms with E-state index < -0.39 is 0 Å². The van der Waals surface area contributed by atoms with Gasteiger partial charge in [-0.2, -0.15) is 0 Å². The first-order valence-corrected chi connectivity index (χ1v) is 8.09. The summed E-state index contributed by atoms with van der Waals surface area (Å²) in [4.78, 5) is 24.7. The summed E-state index contributed by atoms with van der Waals surface area (Å²) in [5, 5.41) is 2.98. The molecule has 0 aliphatic carbocycles. The van der Waals surface area contributed by atoms with Crippen molar-refractivity contribution in [3.05, 3.63) is 25.0 Å². The van der Waals surface area contributed by atoms with Gasteiger partial charge in [0, 0.05) is 38.3 Å². The number of carbonyl (C=O) groups is 1. The van der Waals surface area contributed by atoms with Crippen LogP contribution in [0.3, 0.4) is 0 Å². The van der Waals surface area contributed by atoms with Gasteiger partial charge in [-0.3, -0.25) is 4.79 Å². The van der Waals surface area contributed by atoms with E-state index in [1.807, 2.05) is 6.07 Å². The number of carbonyl (C=O) groups excluding carboxylic acids is 1. The molecule has 1 aromatic rings. The first-order chi connectivity index (χ1) is 11.3. The summed E-state index contributed by atoms with van der Waals surface area (Å²) in [5.41, 5.74) is 0. The summed E-state index contributed by atoms with van der Waals surface area (Å²) in [5.74, 6) is 1.74. The molecule has 23 heavy (non-hydrogen) atoms. The summed E-state index contributed by atoms with van der Waals surface area (Å²) in [6, 6.07) is 2.17. The number of anilines is 2. The normalized spacial score (nSPS) is 21.8. The third-order valence-corrected chi connectivity index (χ3v) is 4.25. The van der Waals surface area contributed by atoms with Crippen LogP contribution in [0.2, 0.25) is 0 Å². The second-order valence-corrected chi connectivity index (χ2v) is 5.83. The highest BCUT2D eigenvalue weighted by Crippen LogP contribution is 2.22. The lowest BCUT2D eigenvalue weighted by molar-refractivity contribution is -0.117. The summed E-state index contributed by atoms with van der Waals surface area (Å²) < 4.78 is 5.39. The van der Waals surface area contributed by atoms with Crippen LogP contribution in [0, 0.1) is 0 Å². The summed E-state index contributed by atoms with van der Waals surface area (Å²) in [7, 11) is 0. The molecule has 2 saturated heterocycles. The zero-order valence-electron chi connectivity index (χ0n) is 13.3. The van der Waals surface area contributed by atoms with Crippen LogP contribution in [0.15, 0.2) is 25.0 Å². The van der Waals surface area contributed by atoms with Crippen molar-refractivity contribution in [3.63, 3.8) is 0 Å². The molecule has 1 atom stereocenters. The Labute approximate surface area is 136 Å². The van der Waals surface area contributed by atoms with Gasteiger partial charge in [0.1, 0.15) is 18.0 Å². The fourth-order valence-electron chi connectivity index (χ4n) is 3.04. The minimum atomic E-state index is -0.117. The lowest BCUT2D eigenvalue weighted by atomic mass is 10.1. The van der Waals surface area contributed by atoms with Gasteiger partial charge in [-0.05, 0) is 18.9 Å². The van der Waals surface area contributed by atoms with Crippen molar-refractivity contribution in [1.29, 1.82) is 0 Å². The number of morpholine rings is 1. The van der Waals surface area contributed by atoms with Crippen molar-refractivity contribution < 1.29 is 9.53 Å². The number of ether oxygens (including phenoxy) is 1. The summed E-state index contributed by atoms with van der Waals surface area (Å²) in [6.45, 7) is 8.39. The highest BCUT2D eigenvalue weighted by atomic mass is 16.5. The van der Waals surface area contributed by atoms with Gasteiger partial charge in [-0.25, -0.2) is 9.97 Å². The largest absolute Gasteiger partial charge is 0.378 e. The van der Waals surface area contributed by atoms with Gasteiger partial charge >= 0.3 is 0 Å². The van der Waals surface area contributed by atoms with Gasteiger partial charge in [0.05, 0.1) is 13.2 Å². The molecule has 124 valence electrons. The molecule has 0 bridgehead atoms. The van der Waals surface area contributed by atoms with E-state index in [2.05, 4.69) is 31.7 Å². The number of hydrogen-bond acceptors (Lipinski definition) is 6. The molecule has 1 amide bonds. The van der Waals surface area contributed by atoms with Crippen LogP contribution in [-0.4, -0.2) is 61.3 Å². The minimum absolute atomic E-state index is 0.117. The van der Waals surface area contributed by atoms with E-state index in [1.54, 1.807) is 6.33 Å². The van der Waals surface area contributed by atoms with Crippen LogP contribution in [0.4, 0.5) is 11.6 Å². The van der Waals surface area contributed by atoms with Crippen molar-refractivity contribution in [3.8, 4) is 0 Å². The monoisotopic (exact) mass is 317 g/mol. The van der Waals surface area contributed by atoms with Crippen LogP contribution in [0.25, 0.3) is 0 Å². The van der Waals surface area contributed by atoms with E-state index in [4.69, 9.17) is 4.74 Å². The number of aromatic nitrogens is 2. The van der Waals surface area contributed by atoms with Crippen LogP contribution in [0.1, 0.15) is 12.8 Å². The molecule has 2 aliphatic rings. The molecular formula is C16H23N5O2. The fraction of sp³-hybridized carbons (Fsp3) is 0.562. The van der Waals surface area contributed by atoms with E-state index in [0.29, 0.717) is 0 Å². The Hall–Kier alpha value is -2.15. The van der Waals surface area contributed by atoms with Gasteiger partial charge in [-0.15, -0.1) is 0 Å². The first-order valence-electron chi connectivity index (χ1n) is 8.09. The Morgan fingerprint density at radius 1 is 1.26 bits per heavy atom. The molecule has 3 heterocycles. The molecule has 2 fully saturated rings. The Kier molecular flexibility index (Phi) is 5.07. The molecule has 0 aromatic carbocycles. The second kappa shape index (κ2) is 7.41. The number of nitrogens with one attached hydrogen (secondary N) is 1. The number of nitrogens with zero attached hydrogens (tertiary/aromatic N) is 4. The smallest absolute Gasteiger partial charge is 0.243 e. The molecule has 7 nitrogen and oxygen atoms in total. The van der Waals surface area contributed by atoms with Gasteiger partial charge in [0.25, 0.3) is 0 Å². The maximum atomic E-state index is 11.5. The predicted molar refractivity (Wildman–Crippen MR) is 88.6 cm³/mol. The van der Waals surface area contributed by atoms with E-state index >= 15 is 0 Å². The number of rotatable bonds is 4. The van der Waals surface area contributed by atoms with Crippen molar-refractivity contribution in [2.24, 2.45) is 0 Å². The maximum Gasteiger partial charge on any atom is 0.243 e. The van der Waals surface area contributed by atoms with Crippen LogP contribution >= 0.6 is 0 Å². The van der Waals surface area contributed by atoms with Crippen LogP contribution in [0.5, 0.6) is 0 Å². The number of hydrogen-bond donors (Lipinski definition) is 1. The zero-order chi connectivity index (χ0) is 16.1. The second-order valence-electron chi connectivity index (χ2n) is 5.83. The molecular weight excluding hydrogens is 294 g/mol.